The second kappa shape index (κ2) is 8.57. The summed E-state index contributed by atoms with van der Waals surface area (Å²) < 4.78 is 5.16. The molecule has 0 saturated heterocycles. The number of fused-ring (bicyclic) bond motifs is 1. The third-order valence-electron chi connectivity index (χ3n) is 5.32. The number of urea groups is 1. The molecule has 1 aliphatic carbocycles. The number of aryl methyl sites for hydroxylation is 2. The van der Waals surface area contributed by atoms with Crippen molar-refractivity contribution in [1.82, 2.24) is 16.0 Å². The summed E-state index contributed by atoms with van der Waals surface area (Å²) in [6.45, 7) is 6.35. The van der Waals surface area contributed by atoms with Crippen LogP contribution in [0.25, 0.3) is 0 Å². The first kappa shape index (κ1) is 19.4. The quantitative estimate of drug-likeness (QED) is 0.672. The van der Waals surface area contributed by atoms with Crippen LogP contribution < -0.4 is 16.0 Å². The van der Waals surface area contributed by atoms with Gasteiger partial charge in [-0.3, -0.25) is 0 Å². The summed E-state index contributed by atoms with van der Waals surface area (Å²) in [5, 5.41) is 8.91. The molecule has 1 heterocycles. The molecule has 0 saturated carbocycles. The Hall–Kier alpha value is -2.34. The summed E-state index contributed by atoms with van der Waals surface area (Å²) in [5.41, 5.74) is 5.19. The lowest BCUT2D eigenvalue weighted by Gasteiger charge is -2.28. The molecule has 6 nitrogen and oxygen atoms in total. The third kappa shape index (κ3) is 4.50. The Morgan fingerprint density at radius 2 is 2.04 bits per heavy atom. The molecule has 6 heteroatoms. The van der Waals surface area contributed by atoms with Gasteiger partial charge in [-0.15, -0.1) is 0 Å². The van der Waals surface area contributed by atoms with Crippen molar-refractivity contribution in [2.75, 3.05) is 13.2 Å². The predicted octanol–water partition coefficient (Wildman–Crippen LogP) is 2.73. The van der Waals surface area contributed by atoms with Gasteiger partial charge < -0.3 is 20.7 Å². The van der Waals surface area contributed by atoms with E-state index in [4.69, 9.17) is 4.74 Å². The van der Waals surface area contributed by atoms with Gasteiger partial charge >= 0.3 is 12.0 Å². The summed E-state index contributed by atoms with van der Waals surface area (Å²) in [7, 11) is 0. The first-order chi connectivity index (χ1) is 13.0. The molecule has 27 heavy (non-hydrogen) atoms. The summed E-state index contributed by atoms with van der Waals surface area (Å²) in [6.07, 6.45) is 4.85. The van der Waals surface area contributed by atoms with Crippen molar-refractivity contribution < 1.29 is 14.3 Å². The van der Waals surface area contributed by atoms with Gasteiger partial charge in [-0.25, -0.2) is 9.59 Å². The Morgan fingerprint density at radius 3 is 2.78 bits per heavy atom. The second-order valence-corrected chi connectivity index (χ2v) is 7.27. The number of esters is 1. The highest BCUT2D eigenvalue weighted by Gasteiger charge is 2.29. The maximum absolute atomic E-state index is 12.3. The first-order valence-electron chi connectivity index (χ1n) is 9.82. The number of hydrogen-bond donors (Lipinski definition) is 3. The Morgan fingerprint density at radius 1 is 1.30 bits per heavy atom. The fourth-order valence-corrected chi connectivity index (χ4v) is 3.81. The SMILES string of the molecule is CCOC(=O)C1=C(CN[C@@H](C)c2ccc3c(c2)CCCC3)NC(=O)N[C@@H]1C. The number of carbonyl (C=O) groups excluding carboxylic acids is 2. The fraction of sp³-hybridized carbons (Fsp3) is 0.524. The van der Waals surface area contributed by atoms with Crippen LogP contribution in [0.1, 0.15) is 56.3 Å². The van der Waals surface area contributed by atoms with E-state index in [0.717, 1.165) is 6.42 Å². The molecule has 2 amide bonds. The van der Waals surface area contributed by atoms with Gasteiger partial charge in [-0.1, -0.05) is 18.2 Å². The average Bonchev–Trinajstić information content (AvgIpc) is 2.65. The van der Waals surface area contributed by atoms with E-state index in [9.17, 15) is 9.59 Å². The van der Waals surface area contributed by atoms with Gasteiger partial charge in [-0.2, -0.15) is 0 Å². The molecular formula is C21H29N3O3. The van der Waals surface area contributed by atoms with Gasteiger partial charge in [0.25, 0.3) is 0 Å². The topological polar surface area (TPSA) is 79.5 Å². The van der Waals surface area contributed by atoms with Crippen LogP contribution in [0.4, 0.5) is 4.79 Å². The molecule has 2 atom stereocenters. The lowest BCUT2D eigenvalue weighted by Crippen LogP contribution is -2.51. The summed E-state index contributed by atoms with van der Waals surface area (Å²) in [6, 6.07) is 6.13. The third-order valence-corrected chi connectivity index (χ3v) is 5.32. The highest BCUT2D eigenvalue weighted by Crippen LogP contribution is 2.25. The summed E-state index contributed by atoms with van der Waals surface area (Å²) in [5.74, 6) is -0.393. The maximum Gasteiger partial charge on any atom is 0.337 e. The van der Waals surface area contributed by atoms with E-state index >= 15 is 0 Å². The van der Waals surface area contributed by atoms with Crippen LogP contribution in [0.3, 0.4) is 0 Å². The van der Waals surface area contributed by atoms with Crippen molar-refractivity contribution in [2.45, 2.75) is 58.5 Å². The summed E-state index contributed by atoms with van der Waals surface area (Å²) in [4.78, 5) is 24.2. The van der Waals surface area contributed by atoms with Crippen LogP contribution in [-0.4, -0.2) is 31.2 Å². The number of amides is 2. The van der Waals surface area contributed by atoms with Crippen molar-refractivity contribution in [3.63, 3.8) is 0 Å². The predicted molar refractivity (Wildman–Crippen MR) is 104 cm³/mol. The summed E-state index contributed by atoms with van der Waals surface area (Å²) >= 11 is 0. The minimum Gasteiger partial charge on any atom is -0.463 e. The normalized spacial score (nSPS) is 20.4. The monoisotopic (exact) mass is 371 g/mol. The van der Waals surface area contributed by atoms with Crippen molar-refractivity contribution in [1.29, 1.82) is 0 Å². The van der Waals surface area contributed by atoms with Crippen LogP contribution in [0, 0.1) is 0 Å². The van der Waals surface area contributed by atoms with Gasteiger partial charge in [0.2, 0.25) is 0 Å². The molecule has 2 aliphatic rings. The van der Waals surface area contributed by atoms with E-state index in [0.29, 0.717) is 24.4 Å². The van der Waals surface area contributed by atoms with Gasteiger partial charge in [0.05, 0.1) is 18.2 Å². The number of benzene rings is 1. The highest BCUT2D eigenvalue weighted by atomic mass is 16.5. The van der Waals surface area contributed by atoms with Crippen LogP contribution in [0.15, 0.2) is 29.5 Å². The average molecular weight is 371 g/mol. The largest absolute Gasteiger partial charge is 0.463 e. The van der Waals surface area contributed by atoms with Gasteiger partial charge in [-0.05, 0) is 63.1 Å². The lowest BCUT2D eigenvalue weighted by atomic mass is 9.89. The van der Waals surface area contributed by atoms with E-state index in [1.165, 1.54) is 36.0 Å². The number of carbonyl (C=O) groups is 2. The minimum absolute atomic E-state index is 0.107. The molecule has 1 aliphatic heterocycles. The standard InChI is InChI=1S/C21H29N3O3/c1-4-27-20(25)19-14(3)23-21(26)24-18(19)12-22-13(2)16-10-9-15-7-5-6-8-17(15)11-16/h9-11,13-14,22H,4-8,12H2,1-3H3,(H2,23,24,26)/t13-,14+/m0/s1. The van der Waals surface area contributed by atoms with E-state index in [1.807, 2.05) is 0 Å². The molecule has 3 rings (SSSR count). The highest BCUT2D eigenvalue weighted by molar-refractivity contribution is 5.94. The molecule has 0 radical (unpaired) electrons. The van der Waals surface area contributed by atoms with Crippen molar-refractivity contribution in [3.05, 3.63) is 46.2 Å². The molecule has 1 aromatic carbocycles. The number of nitrogens with one attached hydrogen (secondary N) is 3. The lowest BCUT2D eigenvalue weighted by molar-refractivity contribution is -0.139. The van der Waals surface area contributed by atoms with Gasteiger partial charge in [0, 0.05) is 18.3 Å². The molecule has 146 valence electrons. The first-order valence-corrected chi connectivity index (χ1v) is 9.82. The minimum atomic E-state index is -0.393. The maximum atomic E-state index is 12.3. The number of ether oxygens (including phenoxy) is 1. The van der Waals surface area contributed by atoms with Crippen molar-refractivity contribution in [3.8, 4) is 0 Å². The zero-order chi connectivity index (χ0) is 19.4. The Bertz CT molecular complexity index is 757. The molecule has 0 bridgehead atoms. The van der Waals surface area contributed by atoms with Crippen molar-refractivity contribution >= 4 is 12.0 Å². The fourth-order valence-electron chi connectivity index (χ4n) is 3.81. The molecule has 0 unspecified atom stereocenters. The second-order valence-electron chi connectivity index (χ2n) is 7.27. The van der Waals surface area contributed by atoms with E-state index in [2.05, 4.69) is 41.1 Å². The Balaban J connectivity index is 1.73. The molecule has 0 spiro atoms. The van der Waals surface area contributed by atoms with E-state index in [1.54, 1.807) is 13.8 Å². The Kier molecular flexibility index (Phi) is 6.16. The zero-order valence-corrected chi connectivity index (χ0v) is 16.4. The van der Waals surface area contributed by atoms with E-state index < -0.39 is 5.97 Å². The van der Waals surface area contributed by atoms with Crippen LogP contribution in [0.2, 0.25) is 0 Å². The molecule has 3 N–H and O–H groups in total. The molecular weight excluding hydrogens is 342 g/mol. The Labute approximate surface area is 160 Å². The van der Waals surface area contributed by atoms with Gasteiger partial charge in [0.15, 0.2) is 0 Å². The molecule has 1 aromatic rings. The van der Waals surface area contributed by atoms with Gasteiger partial charge in [0.1, 0.15) is 0 Å². The zero-order valence-electron chi connectivity index (χ0n) is 16.4. The van der Waals surface area contributed by atoms with Crippen molar-refractivity contribution in [2.24, 2.45) is 0 Å². The smallest absolute Gasteiger partial charge is 0.337 e. The molecule has 0 aromatic heterocycles. The van der Waals surface area contributed by atoms with Crippen LogP contribution >= 0.6 is 0 Å². The molecule has 0 fully saturated rings. The van der Waals surface area contributed by atoms with Crippen LogP contribution in [0.5, 0.6) is 0 Å². The number of rotatable bonds is 6. The number of hydrogen-bond acceptors (Lipinski definition) is 4. The van der Waals surface area contributed by atoms with Crippen LogP contribution in [-0.2, 0) is 22.4 Å². The van der Waals surface area contributed by atoms with E-state index in [-0.39, 0.29) is 18.1 Å².